The summed E-state index contributed by atoms with van der Waals surface area (Å²) in [5.41, 5.74) is 3.86. The number of amides is 1. The second-order valence-corrected chi connectivity index (χ2v) is 8.37. The fraction of sp³-hybridized carbons (Fsp3) is 0.208. The van der Waals surface area contributed by atoms with Crippen molar-refractivity contribution in [1.29, 1.82) is 0 Å². The Hall–Kier alpha value is -3.49. The number of ether oxygens (including phenoxy) is 2. The zero-order valence-corrected chi connectivity index (χ0v) is 20.5. The van der Waals surface area contributed by atoms with E-state index in [9.17, 15) is 4.79 Å². The molecule has 2 heterocycles. The second kappa shape index (κ2) is 9.79. The van der Waals surface area contributed by atoms with Crippen molar-refractivity contribution < 1.29 is 18.8 Å². The van der Waals surface area contributed by atoms with Crippen LogP contribution in [0.3, 0.4) is 0 Å². The predicted octanol–water partition coefficient (Wildman–Crippen LogP) is 5.78. The largest absolute Gasteiger partial charge is 0.493 e. The highest BCUT2D eigenvalue weighted by atomic mass is 35.5. The molecule has 176 valence electrons. The lowest BCUT2D eigenvalue weighted by molar-refractivity contribution is 0.101. The lowest BCUT2D eigenvalue weighted by Gasteiger charge is -2.08. The minimum atomic E-state index is -0.407. The van der Waals surface area contributed by atoms with E-state index in [1.165, 1.54) is 0 Å². The summed E-state index contributed by atoms with van der Waals surface area (Å²) in [6, 6.07) is 12.3. The summed E-state index contributed by atoms with van der Waals surface area (Å²) >= 11 is 12.1. The molecule has 0 unspecified atom stereocenters. The molecule has 4 aromatic rings. The standard InChI is InChI=1S/C24H22Cl2N4O4/c1-13-23(14(2)30(28-13)12-15-5-7-17(25)18(26)9-15)27-24(31)19-11-21(34-29-19)16-6-8-20(32-3)22(10-16)33-4/h5-11H,12H2,1-4H3,(H,27,31). The number of methoxy groups -OCH3 is 2. The van der Waals surface area contributed by atoms with Gasteiger partial charge in [-0.1, -0.05) is 34.4 Å². The van der Waals surface area contributed by atoms with E-state index in [4.69, 9.17) is 37.2 Å². The third-order valence-corrected chi connectivity index (χ3v) is 6.09. The molecule has 10 heteroatoms. The maximum Gasteiger partial charge on any atom is 0.277 e. The van der Waals surface area contributed by atoms with Gasteiger partial charge in [0, 0.05) is 11.6 Å². The fourth-order valence-corrected chi connectivity index (χ4v) is 3.85. The van der Waals surface area contributed by atoms with Crippen LogP contribution in [0.2, 0.25) is 10.0 Å². The van der Waals surface area contributed by atoms with Gasteiger partial charge in [0.15, 0.2) is 23.0 Å². The molecular weight excluding hydrogens is 479 g/mol. The van der Waals surface area contributed by atoms with Crippen molar-refractivity contribution in [3.63, 3.8) is 0 Å². The molecule has 0 fully saturated rings. The molecular formula is C24H22Cl2N4O4. The molecule has 2 aromatic heterocycles. The van der Waals surface area contributed by atoms with Crippen LogP contribution in [0.4, 0.5) is 5.69 Å². The molecule has 2 aromatic carbocycles. The first kappa shape index (κ1) is 23.7. The fourth-order valence-electron chi connectivity index (χ4n) is 3.53. The SMILES string of the molecule is COc1ccc(-c2cc(C(=O)Nc3c(C)nn(Cc4ccc(Cl)c(Cl)c4)c3C)no2)cc1OC. The highest BCUT2D eigenvalue weighted by Gasteiger charge is 2.19. The molecule has 0 spiro atoms. The quantitative estimate of drug-likeness (QED) is 0.345. The van der Waals surface area contributed by atoms with Gasteiger partial charge in [-0.05, 0) is 49.7 Å². The number of nitrogens with zero attached hydrogens (tertiary/aromatic N) is 3. The highest BCUT2D eigenvalue weighted by Crippen LogP contribution is 2.33. The zero-order valence-electron chi connectivity index (χ0n) is 19.0. The van der Waals surface area contributed by atoms with Crippen LogP contribution >= 0.6 is 23.2 Å². The van der Waals surface area contributed by atoms with Crippen molar-refractivity contribution in [3.05, 3.63) is 75.2 Å². The average Bonchev–Trinajstić information content (AvgIpc) is 3.42. The summed E-state index contributed by atoms with van der Waals surface area (Å²) in [6.07, 6.45) is 0. The van der Waals surface area contributed by atoms with Gasteiger partial charge in [0.2, 0.25) is 0 Å². The van der Waals surface area contributed by atoms with Crippen molar-refractivity contribution in [3.8, 4) is 22.8 Å². The number of anilines is 1. The Bertz CT molecular complexity index is 1360. The van der Waals surface area contributed by atoms with Crippen LogP contribution in [0.25, 0.3) is 11.3 Å². The van der Waals surface area contributed by atoms with Crippen molar-refractivity contribution in [1.82, 2.24) is 14.9 Å². The number of hydrogen-bond donors (Lipinski definition) is 1. The number of aromatic nitrogens is 3. The molecule has 0 saturated heterocycles. The molecule has 0 aliphatic heterocycles. The number of halogens is 2. The van der Waals surface area contributed by atoms with Crippen LogP contribution in [-0.4, -0.2) is 35.1 Å². The molecule has 8 nitrogen and oxygen atoms in total. The lowest BCUT2D eigenvalue weighted by Crippen LogP contribution is -2.13. The van der Waals surface area contributed by atoms with Gasteiger partial charge in [-0.15, -0.1) is 0 Å². The first-order valence-corrected chi connectivity index (χ1v) is 11.0. The predicted molar refractivity (Wildman–Crippen MR) is 130 cm³/mol. The maximum absolute atomic E-state index is 12.9. The first-order chi connectivity index (χ1) is 16.3. The highest BCUT2D eigenvalue weighted by molar-refractivity contribution is 6.42. The Morgan fingerprint density at radius 1 is 1.03 bits per heavy atom. The van der Waals surface area contributed by atoms with Crippen LogP contribution < -0.4 is 14.8 Å². The van der Waals surface area contributed by atoms with Gasteiger partial charge in [-0.3, -0.25) is 9.48 Å². The molecule has 0 radical (unpaired) electrons. The van der Waals surface area contributed by atoms with Crippen LogP contribution in [-0.2, 0) is 6.54 Å². The number of rotatable bonds is 7. The van der Waals surface area contributed by atoms with Gasteiger partial charge in [0.1, 0.15) is 0 Å². The van der Waals surface area contributed by atoms with E-state index in [-0.39, 0.29) is 5.69 Å². The van der Waals surface area contributed by atoms with Gasteiger partial charge < -0.3 is 19.3 Å². The number of hydrogen-bond acceptors (Lipinski definition) is 6. The summed E-state index contributed by atoms with van der Waals surface area (Å²) in [4.78, 5) is 12.9. The number of carbonyl (C=O) groups is 1. The Morgan fingerprint density at radius 2 is 1.79 bits per heavy atom. The normalized spacial score (nSPS) is 10.9. The summed E-state index contributed by atoms with van der Waals surface area (Å²) in [5, 5.41) is 12.3. The first-order valence-electron chi connectivity index (χ1n) is 10.3. The Kier molecular flexibility index (Phi) is 6.81. The zero-order chi connectivity index (χ0) is 24.4. The molecule has 4 rings (SSSR count). The molecule has 1 N–H and O–H groups in total. The van der Waals surface area contributed by atoms with Crippen molar-refractivity contribution in [2.24, 2.45) is 0 Å². The molecule has 34 heavy (non-hydrogen) atoms. The van der Waals surface area contributed by atoms with E-state index < -0.39 is 5.91 Å². The average molecular weight is 501 g/mol. The molecule has 0 aliphatic carbocycles. The number of aryl methyl sites for hydroxylation is 1. The monoisotopic (exact) mass is 500 g/mol. The van der Waals surface area contributed by atoms with Crippen LogP contribution in [0, 0.1) is 13.8 Å². The lowest BCUT2D eigenvalue weighted by atomic mass is 10.1. The van der Waals surface area contributed by atoms with E-state index in [2.05, 4.69) is 15.6 Å². The maximum atomic E-state index is 12.9. The Morgan fingerprint density at radius 3 is 2.50 bits per heavy atom. The number of nitrogens with one attached hydrogen (secondary N) is 1. The molecule has 0 saturated carbocycles. The van der Waals surface area contributed by atoms with Crippen molar-refractivity contribution in [2.45, 2.75) is 20.4 Å². The summed E-state index contributed by atoms with van der Waals surface area (Å²) in [6.45, 7) is 4.18. The third-order valence-electron chi connectivity index (χ3n) is 5.35. The third kappa shape index (κ3) is 4.73. The second-order valence-electron chi connectivity index (χ2n) is 7.55. The van der Waals surface area contributed by atoms with Crippen LogP contribution in [0.15, 0.2) is 47.0 Å². The van der Waals surface area contributed by atoms with Gasteiger partial charge in [0.25, 0.3) is 5.91 Å². The van der Waals surface area contributed by atoms with Gasteiger partial charge in [-0.2, -0.15) is 5.10 Å². The van der Waals surface area contributed by atoms with Crippen LogP contribution in [0.1, 0.15) is 27.4 Å². The van der Waals surface area contributed by atoms with Gasteiger partial charge >= 0.3 is 0 Å². The van der Waals surface area contributed by atoms with E-state index in [0.29, 0.717) is 50.8 Å². The van der Waals surface area contributed by atoms with E-state index in [0.717, 1.165) is 11.3 Å². The van der Waals surface area contributed by atoms with E-state index >= 15 is 0 Å². The Labute approximate surface area is 206 Å². The summed E-state index contributed by atoms with van der Waals surface area (Å²) < 4.78 is 17.8. The van der Waals surface area contributed by atoms with Gasteiger partial charge in [-0.25, -0.2) is 0 Å². The van der Waals surface area contributed by atoms with E-state index in [1.807, 2.05) is 19.9 Å². The van der Waals surface area contributed by atoms with Crippen molar-refractivity contribution >= 4 is 34.8 Å². The smallest absolute Gasteiger partial charge is 0.277 e. The van der Waals surface area contributed by atoms with Gasteiger partial charge in [0.05, 0.1) is 47.9 Å². The molecule has 0 bridgehead atoms. The minimum Gasteiger partial charge on any atom is -0.493 e. The summed E-state index contributed by atoms with van der Waals surface area (Å²) in [7, 11) is 3.11. The topological polar surface area (TPSA) is 91.4 Å². The minimum absolute atomic E-state index is 0.140. The van der Waals surface area contributed by atoms with Crippen molar-refractivity contribution in [2.75, 3.05) is 19.5 Å². The number of carbonyl (C=O) groups excluding carboxylic acids is 1. The number of benzene rings is 2. The summed E-state index contributed by atoms with van der Waals surface area (Å²) in [5.74, 6) is 1.15. The van der Waals surface area contributed by atoms with E-state index in [1.54, 1.807) is 55.3 Å². The molecule has 0 aliphatic rings. The Balaban J connectivity index is 1.52. The molecule has 0 atom stereocenters. The molecule has 1 amide bonds. The van der Waals surface area contributed by atoms with Crippen LogP contribution in [0.5, 0.6) is 11.5 Å².